The molecule has 1 aromatic rings. The van der Waals surface area contributed by atoms with E-state index in [0.29, 0.717) is 0 Å². The van der Waals surface area contributed by atoms with E-state index in [2.05, 4.69) is 0 Å². The molecule has 1 aliphatic rings. The molecule has 58 valence electrons. The first-order valence-corrected chi connectivity index (χ1v) is 3.82. The predicted molar refractivity (Wildman–Crippen MR) is 47.7 cm³/mol. The molecule has 0 amide bonds. The zero-order chi connectivity index (χ0) is 12.0. The van der Waals surface area contributed by atoms with Crippen LogP contribution in [-0.2, 0) is 12.8 Å². The molecule has 0 radical (unpaired) electrons. The van der Waals surface area contributed by atoms with Crippen LogP contribution >= 0.6 is 0 Å². The Labute approximate surface area is 75.3 Å². The van der Waals surface area contributed by atoms with E-state index in [0.717, 1.165) is 11.1 Å². The van der Waals surface area contributed by atoms with Gasteiger partial charge < -0.3 is 0 Å². The maximum atomic E-state index is 7.80. The van der Waals surface area contributed by atoms with Gasteiger partial charge >= 0.3 is 0 Å². The molecule has 0 bridgehead atoms. The SMILES string of the molecule is [2H]C1C([2H])([2H])Cc2ccccc2CC1([2H])[2H]. The van der Waals surface area contributed by atoms with Crippen LogP contribution in [0, 0.1) is 0 Å². The van der Waals surface area contributed by atoms with Crippen molar-refractivity contribution in [1.29, 1.82) is 0 Å². The van der Waals surface area contributed by atoms with Gasteiger partial charge in [-0.15, -0.1) is 0 Å². The first-order valence-electron chi connectivity index (χ1n) is 6.40. The molecule has 0 spiro atoms. The van der Waals surface area contributed by atoms with E-state index in [4.69, 9.17) is 6.85 Å². The van der Waals surface area contributed by atoms with Gasteiger partial charge in [-0.3, -0.25) is 0 Å². The van der Waals surface area contributed by atoms with Gasteiger partial charge in [0.25, 0.3) is 0 Å². The fourth-order valence-corrected chi connectivity index (χ4v) is 1.30. The third-order valence-corrected chi connectivity index (χ3v) is 1.91. The van der Waals surface area contributed by atoms with Crippen molar-refractivity contribution in [2.75, 3.05) is 0 Å². The summed E-state index contributed by atoms with van der Waals surface area (Å²) < 4.78 is 38.9. The van der Waals surface area contributed by atoms with Gasteiger partial charge in [-0.05, 0) is 36.7 Å². The molecule has 0 aromatic heterocycles. The zero-order valence-corrected chi connectivity index (χ0v) is 6.30. The lowest BCUT2D eigenvalue weighted by atomic mass is 10.0. The molecule has 0 fully saturated rings. The Balaban J connectivity index is 2.50. The van der Waals surface area contributed by atoms with Crippen molar-refractivity contribution in [2.24, 2.45) is 0 Å². The van der Waals surface area contributed by atoms with Crippen LogP contribution < -0.4 is 0 Å². The standard InChI is InChI=1S/C11H14/c1-2-6-10-8-4-5-9-11(10)7-3-1/h4-5,8-9H,1-3,6-7H2/i1D,2D2,3D2. The maximum Gasteiger partial charge on any atom is 0.0270 e. The number of benzene rings is 1. The maximum absolute atomic E-state index is 7.80. The second kappa shape index (κ2) is 3.08. The molecule has 1 aliphatic carbocycles. The molecule has 11 heavy (non-hydrogen) atoms. The van der Waals surface area contributed by atoms with Gasteiger partial charge in [-0.1, -0.05) is 30.7 Å². The summed E-state index contributed by atoms with van der Waals surface area (Å²) in [7, 11) is 0. The van der Waals surface area contributed by atoms with Gasteiger partial charge in [0.1, 0.15) is 0 Å². The van der Waals surface area contributed by atoms with E-state index in [1.807, 2.05) is 24.3 Å². The highest BCUT2D eigenvalue weighted by molar-refractivity contribution is 5.27. The Bertz CT molecular complexity index is 362. The van der Waals surface area contributed by atoms with E-state index in [-0.39, 0.29) is 12.8 Å². The summed E-state index contributed by atoms with van der Waals surface area (Å²) in [6.07, 6.45) is -4.72. The predicted octanol–water partition coefficient (Wildman–Crippen LogP) is 2.96. The van der Waals surface area contributed by atoms with Crippen molar-refractivity contribution in [2.45, 2.75) is 32.0 Å². The Kier molecular flexibility index (Phi) is 0.925. The first-order chi connectivity index (χ1) is 7.33. The average molecular weight is 151 g/mol. The second-order valence-electron chi connectivity index (χ2n) is 2.67. The van der Waals surface area contributed by atoms with Crippen molar-refractivity contribution >= 4 is 0 Å². The van der Waals surface area contributed by atoms with Crippen LogP contribution in [0.25, 0.3) is 0 Å². The van der Waals surface area contributed by atoms with Gasteiger partial charge in [-0.25, -0.2) is 0 Å². The summed E-state index contributed by atoms with van der Waals surface area (Å²) in [4.78, 5) is 0. The average Bonchev–Trinajstić information content (AvgIpc) is 2.24. The van der Waals surface area contributed by atoms with E-state index < -0.39 is 19.1 Å². The van der Waals surface area contributed by atoms with Crippen LogP contribution in [0.5, 0.6) is 0 Å². The molecule has 0 nitrogen and oxygen atoms in total. The third kappa shape index (κ3) is 1.45. The Morgan fingerprint density at radius 3 is 2.09 bits per heavy atom. The molecular formula is C11H14. The minimum Gasteiger partial charge on any atom is -0.0620 e. The molecule has 1 aromatic carbocycles. The summed E-state index contributed by atoms with van der Waals surface area (Å²) in [6, 6.07) is 7.30. The van der Waals surface area contributed by atoms with Crippen LogP contribution in [0.3, 0.4) is 0 Å². The fraction of sp³-hybridized carbons (Fsp3) is 0.455. The van der Waals surface area contributed by atoms with Crippen molar-refractivity contribution in [3.8, 4) is 0 Å². The smallest absolute Gasteiger partial charge is 0.0270 e. The minimum absolute atomic E-state index is 0.122. The highest BCUT2D eigenvalue weighted by Crippen LogP contribution is 2.19. The summed E-state index contributed by atoms with van der Waals surface area (Å²) >= 11 is 0. The monoisotopic (exact) mass is 151 g/mol. The molecular weight excluding hydrogens is 132 g/mol. The van der Waals surface area contributed by atoms with Crippen molar-refractivity contribution in [3.05, 3.63) is 35.4 Å². The number of fused-ring (bicyclic) bond motifs is 1. The van der Waals surface area contributed by atoms with Crippen LogP contribution in [0.15, 0.2) is 24.3 Å². The van der Waals surface area contributed by atoms with Crippen LogP contribution in [0.2, 0.25) is 0 Å². The van der Waals surface area contributed by atoms with Gasteiger partial charge in [-0.2, -0.15) is 0 Å². The van der Waals surface area contributed by atoms with E-state index in [9.17, 15) is 0 Å². The van der Waals surface area contributed by atoms with Crippen LogP contribution in [0.4, 0.5) is 0 Å². The van der Waals surface area contributed by atoms with Crippen molar-refractivity contribution in [3.63, 3.8) is 0 Å². The lowest BCUT2D eigenvalue weighted by Gasteiger charge is -2.02. The third-order valence-electron chi connectivity index (χ3n) is 1.91. The molecule has 0 heteroatoms. The van der Waals surface area contributed by atoms with E-state index in [1.165, 1.54) is 0 Å². The summed E-state index contributed by atoms with van der Waals surface area (Å²) in [6.45, 7) is 0. The van der Waals surface area contributed by atoms with Crippen molar-refractivity contribution in [1.82, 2.24) is 0 Å². The summed E-state index contributed by atoms with van der Waals surface area (Å²) in [5, 5.41) is 0. The Hall–Kier alpha value is -0.780. The first kappa shape index (κ1) is 3.30. The number of hydrogen-bond acceptors (Lipinski definition) is 0. The molecule has 0 N–H and O–H groups in total. The van der Waals surface area contributed by atoms with Gasteiger partial charge in [0, 0.05) is 6.85 Å². The molecule has 0 unspecified atom stereocenters. The number of rotatable bonds is 0. The topological polar surface area (TPSA) is 0 Å². The Morgan fingerprint density at radius 2 is 1.55 bits per heavy atom. The lowest BCUT2D eigenvalue weighted by molar-refractivity contribution is 0.711. The van der Waals surface area contributed by atoms with Crippen LogP contribution in [-0.4, -0.2) is 0 Å². The van der Waals surface area contributed by atoms with Gasteiger partial charge in [0.2, 0.25) is 0 Å². The minimum atomic E-state index is -1.81. The summed E-state index contributed by atoms with van der Waals surface area (Å²) in [5.41, 5.74) is 1.65. The van der Waals surface area contributed by atoms with Gasteiger partial charge in [0.05, 0.1) is 0 Å². The molecule has 0 saturated heterocycles. The van der Waals surface area contributed by atoms with Crippen LogP contribution in [0.1, 0.15) is 37.1 Å². The van der Waals surface area contributed by atoms with E-state index >= 15 is 0 Å². The quantitative estimate of drug-likeness (QED) is 0.500. The summed E-state index contributed by atoms with van der Waals surface area (Å²) in [5.74, 6) is 0. The normalized spacial score (nSPS) is 34.7. The number of aryl methyl sites for hydroxylation is 2. The largest absolute Gasteiger partial charge is 0.0620 e. The number of hydrogen-bond donors (Lipinski definition) is 0. The lowest BCUT2D eigenvalue weighted by Crippen LogP contribution is -1.88. The molecule has 0 saturated carbocycles. The highest BCUT2D eigenvalue weighted by atomic mass is 14.1. The highest BCUT2D eigenvalue weighted by Gasteiger charge is 2.05. The second-order valence-corrected chi connectivity index (χ2v) is 2.67. The molecule has 0 heterocycles. The van der Waals surface area contributed by atoms with E-state index in [1.54, 1.807) is 0 Å². The molecule has 2 rings (SSSR count). The Morgan fingerprint density at radius 1 is 1.00 bits per heavy atom. The molecule has 0 atom stereocenters. The fourth-order valence-electron chi connectivity index (χ4n) is 1.30. The zero-order valence-electron chi connectivity index (χ0n) is 11.3. The van der Waals surface area contributed by atoms with Crippen molar-refractivity contribution < 1.29 is 6.85 Å². The molecule has 0 aliphatic heterocycles. The van der Waals surface area contributed by atoms with Gasteiger partial charge in [0.15, 0.2) is 0 Å².